The molecule has 0 aliphatic heterocycles. The van der Waals surface area contributed by atoms with Crippen molar-refractivity contribution in [3.63, 3.8) is 0 Å². The van der Waals surface area contributed by atoms with Crippen molar-refractivity contribution in [3.05, 3.63) is 57.1 Å². The van der Waals surface area contributed by atoms with Crippen LogP contribution in [0.2, 0.25) is 0 Å². The maximum atomic E-state index is 12.1. The van der Waals surface area contributed by atoms with Crippen LogP contribution in [0.15, 0.2) is 51.8 Å². The zero-order valence-corrected chi connectivity index (χ0v) is 12.7. The van der Waals surface area contributed by atoms with Gasteiger partial charge in [-0.05, 0) is 18.2 Å². The molecule has 0 atom stereocenters. The lowest BCUT2D eigenvalue weighted by atomic mass is 10.2. The summed E-state index contributed by atoms with van der Waals surface area (Å²) in [4.78, 5) is 9.89. The lowest BCUT2D eigenvalue weighted by Gasteiger charge is -2.15. The van der Waals surface area contributed by atoms with Crippen LogP contribution in [-0.2, 0) is 10.0 Å². The van der Waals surface area contributed by atoms with Gasteiger partial charge in [-0.3, -0.25) is 14.8 Å². The van der Waals surface area contributed by atoms with E-state index in [1.807, 2.05) is 0 Å². The number of benzene rings is 2. The van der Waals surface area contributed by atoms with E-state index in [1.165, 1.54) is 18.2 Å². The van der Waals surface area contributed by atoms with Crippen LogP contribution in [0.25, 0.3) is 0 Å². The van der Waals surface area contributed by atoms with E-state index in [1.54, 1.807) is 6.07 Å². The van der Waals surface area contributed by atoms with Crippen LogP contribution in [-0.4, -0.2) is 13.3 Å². The number of anilines is 1. The topological polar surface area (TPSA) is 112 Å². The molecule has 9 heteroatoms. The lowest BCUT2D eigenvalue weighted by Crippen LogP contribution is -2.14. The van der Waals surface area contributed by atoms with Gasteiger partial charge in [-0.15, -0.1) is 0 Å². The summed E-state index contributed by atoms with van der Waals surface area (Å²) in [6.07, 6.45) is 0. The molecule has 0 heterocycles. The normalized spacial score (nSPS) is 11.1. The monoisotopic (exact) mass is 371 g/mol. The second-order valence-corrected chi connectivity index (χ2v) is 6.60. The third-order valence-electron chi connectivity index (χ3n) is 2.52. The molecule has 2 aromatic rings. The smallest absolute Gasteiger partial charge is 0.271 e. The number of non-ortho nitro benzene ring substituents is 1. The Morgan fingerprint density at radius 1 is 1.14 bits per heavy atom. The fraction of sp³-hybridized carbons (Fsp3) is 0. The SMILES string of the molecule is O=[N+]([O-])c1ccc([O-])c(NS(=O)(=O)c2cccc(Br)c2)c1. The van der Waals surface area contributed by atoms with Crippen molar-refractivity contribution in [3.8, 4) is 5.75 Å². The molecule has 0 fully saturated rings. The molecule has 21 heavy (non-hydrogen) atoms. The van der Waals surface area contributed by atoms with E-state index in [2.05, 4.69) is 20.7 Å². The van der Waals surface area contributed by atoms with Gasteiger partial charge in [0.25, 0.3) is 15.7 Å². The summed E-state index contributed by atoms with van der Waals surface area (Å²) in [5, 5.41) is 22.3. The number of sulfonamides is 1. The molecule has 110 valence electrons. The highest BCUT2D eigenvalue weighted by Crippen LogP contribution is 2.28. The average molecular weight is 372 g/mol. The van der Waals surface area contributed by atoms with E-state index in [-0.39, 0.29) is 16.3 Å². The highest BCUT2D eigenvalue weighted by Gasteiger charge is 2.16. The molecule has 0 saturated heterocycles. The van der Waals surface area contributed by atoms with Crippen molar-refractivity contribution in [1.82, 2.24) is 0 Å². The van der Waals surface area contributed by atoms with E-state index in [0.717, 1.165) is 18.2 Å². The third-order valence-corrected chi connectivity index (χ3v) is 4.38. The summed E-state index contributed by atoms with van der Waals surface area (Å²) in [5.41, 5.74) is -0.745. The Labute approximate surface area is 128 Å². The van der Waals surface area contributed by atoms with E-state index < -0.39 is 20.7 Å². The molecular formula is C12H8BrN2O5S-. The van der Waals surface area contributed by atoms with E-state index in [4.69, 9.17) is 0 Å². The first kappa shape index (κ1) is 15.3. The molecular weight excluding hydrogens is 364 g/mol. The zero-order valence-electron chi connectivity index (χ0n) is 10.3. The Morgan fingerprint density at radius 3 is 2.48 bits per heavy atom. The number of halogens is 1. The van der Waals surface area contributed by atoms with Crippen LogP contribution in [0.1, 0.15) is 0 Å². The average Bonchev–Trinajstić information content (AvgIpc) is 2.41. The Morgan fingerprint density at radius 2 is 1.86 bits per heavy atom. The fourth-order valence-corrected chi connectivity index (χ4v) is 3.21. The second kappa shape index (κ2) is 5.70. The quantitative estimate of drug-likeness (QED) is 0.653. The summed E-state index contributed by atoms with van der Waals surface area (Å²) in [6.45, 7) is 0. The molecule has 0 unspecified atom stereocenters. The summed E-state index contributed by atoms with van der Waals surface area (Å²) >= 11 is 3.14. The van der Waals surface area contributed by atoms with E-state index >= 15 is 0 Å². The number of hydrogen-bond acceptors (Lipinski definition) is 5. The van der Waals surface area contributed by atoms with Crippen molar-refractivity contribution in [2.24, 2.45) is 0 Å². The van der Waals surface area contributed by atoms with Crippen molar-refractivity contribution in [1.29, 1.82) is 0 Å². The van der Waals surface area contributed by atoms with Crippen molar-refractivity contribution in [2.75, 3.05) is 4.72 Å². The number of nitro benzene ring substituents is 1. The minimum absolute atomic E-state index is 0.0669. The predicted molar refractivity (Wildman–Crippen MR) is 77.5 cm³/mol. The van der Waals surface area contributed by atoms with Crippen LogP contribution in [0.3, 0.4) is 0 Å². The summed E-state index contributed by atoms with van der Waals surface area (Å²) in [7, 11) is -4.00. The molecule has 0 saturated carbocycles. The molecule has 1 N–H and O–H groups in total. The van der Waals surface area contributed by atoms with E-state index in [0.29, 0.717) is 4.47 Å². The fourth-order valence-electron chi connectivity index (χ4n) is 1.55. The van der Waals surface area contributed by atoms with Crippen molar-refractivity contribution in [2.45, 2.75) is 4.90 Å². The van der Waals surface area contributed by atoms with Crippen molar-refractivity contribution < 1.29 is 18.4 Å². The van der Waals surface area contributed by atoms with Gasteiger partial charge in [0.15, 0.2) is 0 Å². The molecule has 0 radical (unpaired) electrons. The molecule has 2 aromatic carbocycles. The lowest BCUT2D eigenvalue weighted by molar-refractivity contribution is -0.385. The summed E-state index contributed by atoms with van der Waals surface area (Å²) in [6, 6.07) is 8.70. The number of nitro groups is 1. The molecule has 0 aliphatic carbocycles. The third kappa shape index (κ3) is 3.50. The molecule has 0 spiro atoms. The first-order chi connectivity index (χ1) is 9.79. The van der Waals surface area contributed by atoms with Gasteiger partial charge in [-0.1, -0.05) is 33.8 Å². The van der Waals surface area contributed by atoms with E-state index in [9.17, 15) is 23.6 Å². The number of nitrogens with zero attached hydrogens (tertiary/aromatic N) is 1. The van der Waals surface area contributed by atoms with Gasteiger partial charge in [0.1, 0.15) is 0 Å². The van der Waals surface area contributed by atoms with Crippen LogP contribution in [0.5, 0.6) is 5.75 Å². The summed E-state index contributed by atoms with van der Waals surface area (Å²) < 4.78 is 26.9. The maximum absolute atomic E-state index is 12.1. The molecule has 7 nitrogen and oxygen atoms in total. The van der Waals surface area contributed by atoms with Crippen molar-refractivity contribution >= 4 is 37.3 Å². The molecule has 0 amide bonds. The van der Waals surface area contributed by atoms with Gasteiger partial charge < -0.3 is 5.11 Å². The van der Waals surface area contributed by atoms with Crippen LogP contribution < -0.4 is 9.83 Å². The molecule has 0 aromatic heterocycles. The first-order valence-electron chi connectivity index (χ1n) is 5.53. The van der Waals surface area contributed by atoms with Crippen LogP contribution in [0.4, 0.5) is 11.4 Å². The maximum Gasteiger partial charge on any atom is 0.271 e. The molecule has 0 bridgehead atoms. The van der Waals surface area contributed by atoms with Gasteiger partial charge in [-0.2, -0.15) is 0 Å². The first-order valence-corrected chi connectivity index (χ1v) is 7.81. The minimum Gasteiger partial charge on any atom is -0.871 e. The highest BCUT2D eigenvalue weighted by atomic mass is 79.9. The Kier molecular flexibility index (Phi) is 4.14. The Bertz CT molecular complexity index is 807. The minimum atomic E-state index is -4.00. The highest BCUT2D eigenvalue weighted by molar-refractivity contribution is 9.10. The largest absolute Gasteiger partial charge is 0.871 e. The Balaban J connectivity index is 2.41. The number of nitrogens with one attached hydrogen (secondary N) is 1. The standard InChI is InChI=1S/C12H9BrN2O5S/c13-8-2-1-3-10(6-8)21(19,20)14-11-7-9(15(17)18)4-5-12(11)16/h1-7,14,16H/p-1. The predicted octanol–water partition coefficient (Wildman–Crippen LogP) is 2.23. The zero-order chi connectivity index (χ0) is 15.6. The van der Waals surface area contributed by atoms with Gasteiger partial charge in [0.05, 0.1) is 9.82 Å². The Hall–Kier alpha value is -2.13. The van der Waals surface area contributed by atoms with Crippen LogP contribution in [0, 0.1) is 10.1 Å². The van der Waals surface area contributed by atoms with Gasteiger partial charge in [0.2, 0.25) is 0 Å². The summed E-state index contributed by atoms with van der Waals surface area (Å²) in [5.74, 6) is -0.654. The number of rotatable bonds is 4. The van der Waals surface area contributed by atoms with Gasteiger partial charge >= 0.3 is 0 Å². The van der Waals surface area contributed by atoms with Gasteiger partial charge in [-0.25, -0.2) is 8.42 Å². The molecule has 2 rings (SSSR count). The second-order valence-electron chi connectivity index (χ2n) is 4.00. The molecule has 0 aliphatic rings. The van der Waals surface area contributed by atoms with Gasteiger partial charge in [0, 0.05) is 22.3 Å². The van der Waals surface area contributed by atoms with Crippen LogP contribution >= 0.6 is 15.9 Å². The number of hydrogen-bond donors (Lipinski definition) is 1.